The van der Waals surface area contributed by atoms with Gasteiger partial charge in [0, 0.05) is 0 Å². The number of ether oxygens (including phenoxy) is 2. The summed E-state index contributed by atoms with van der Waals surface area (Å²) in [6.07, 6.45) is 3.72. The zero-order valence-corrected chi connectivity index (χ0v) is 17.1. The van der Waals surface area contributed by atoms with Crippen LogP contribution in [0.1, 0.15) is 30.0 Å². The first-order chi connectivity index (χ1) is 14.7. The van der Waals surface area contributed by atoms with Crippen LogP contribution < -0.4 is 14.9 Å². The standard InChI is InChI=1S/C25H26N2O3/c1-2-6-20-9-13-24(14-10-20)30-19-25(28)27-26-17-21-11-15-23(16-12-21)29-18-22-7-4-3-5-8-22/h3-5,7-17H,2,6,18-19H2,1H3,(H,27,28)/b26-17+. The number of aryl methyl sites for hydroxylation is 1. The number of hydrogen-bond acceptors (Lipinski definition) is 4. The summed E-state index contributed by atoms with van der Waals surface area (Å²) in [5.41, 5.74) is 5.70. The van der Waals surface area contributed by atoms with Gasteiger partial charge in [-0.15, -0.1) is 0 Å². The van der Waals surface area contributed by atoms with Crippen LogP contribution in [0.2, 0.25) is 0 Å². The largest absolute Gasteiger partial charge is 0.489 e. The van der Waals surface area contributed by atoms with Crippen molar-refractivity contribution in [1.29, 1.82) is 0 Å². The molecule has 0 aliphatic heterocycles. The maximum Gasteiger partial charge on any atom is 0.277 e. The predicted molar refractivity (Wildman–Crippen MR) is 119 cm³/mol. The van der Waals surface area contributed by atoms with Crippen LogP contribution in [0.3, 0.4) is 0 Å². The molecule has 0 saturated carbocycles. The summed E-state index contributed by atoms with van der Waals surface area (Å²) >= 11 is 0. The smallest absolute Gasteiger partial charge is 0.277 e. The van der Waals surface area contributed by atoms with Crippen molar-refractivity contribution in [3.8, 4) is 11.5 Å². The van der Waals surface area contributed by atoms with Crippen LogP contribution in [-0.4, -0.2) is 18.7 Å². The van der Waals surface area contributed by atoms with Gasteiger partial charge in [0.25, 0.3) is 5.91 Å². The second kappa shape index (κ2) is 11.4. The number of hydrogen-bond donors (Lipinski definition) is 1. The predicted octanol–water partition coefficient (Wildman–Crippen LogP) is 4.75. The highest BCUT2D eigenvalue weighted by molar-refractivity contribution is 5.83. The average molecular weight is 402 g/mol. The fourth-order valence-electron chi connectivity index (χ4n) is 2.79. The van der Waals surface area contributed by atoms with Crippen LogP contribution in [0.25, 0.3) is 0 Å². The quantitative estimate of drug-likeness (QED) is 0.393. The van der Waals surface area contributed by atoms with E-state index in [1.54, 1.807) is 6.21 Å². The number of rotatable bonds is 10. The molecule has 0 fully saturated rings. The highest BCUT2D eigenvalue weighted by atomic mass is 16.5. The minimum absolute atomic E-state index is 0.0866. The van der Waals surface area contributed by atoms with Crippen LogP contribution in [-0.2, 0) is 17.8 Å². The van der Waals surface area contributed by atoms with Crippen LogP contribution in [0.5, 0.6) is 11.5 Å². The zero-order valence-electron chi connectivity index (χ0n) is 17.1. The highest BCUT2D eigenvalue weighted by Crippen LogP contribution is 2.14. The van der Waals surface area contributed by atoms with Gasteiger partial charge in [-0.2, -0.15) is 5.10 Å². The van der Waals surface area contributed by atoms with E-state index in [0.29, 0.717) is 12.4 Å². The lowest BCUT2D eigenvalue weighted by molar-refractivity contribution is -0.123. The SMILES string of the molecule is CCCc1ccc(OCC(=O)N/N=C/c2ccc(OCc3ccccc3)cc2)cc1. The van der Waals surface area contributed by atoms with Crippen molar-refractivity contribution in [3.63, 3.8) is 0 Å². The monoisotopic (exact) mass is 402 g/mol. The highest BCUT2D eigenvalue weighted by Gasteiger charge is 2.02. The molecule has 3 aromatic carbocycles. The summed E-state index contributed by atoms with van der Waals surface area (Å²) in [7, 11) is 0. The van der Waals surface area contributed by atoms with Gasteiger partial charge in [0.05, 0.1) is 6.21 Å². The molecule has 0 unspecified atom stereocenters. The molecule has 5 nitrogen and oxygen atoms in total. The number of amides is 1. The van der Waals surface area contributed by atoms with Gasteiger partial charge in [-0.25, -0.2) is 5.43 Å². The van der Waals surface area contributed by atoms with E-state index in [1.807, 2.05) is 78.9 Å². The molecule has 0 atom stereocenters. The van der Waals surface area contributed by atoms with E-state index >= 15 is 0 Å². The second-order valence-corrected chi connectivity index (χ2v) is 6.82. The molecular weight excluding hydrogens is 376 g/mol. The third kappa shape index (κ3) is 7.09. The number of carbonyl (C=O) groups is 1. The Morgan fingerprint density at radius 1 is 0.867 bits per heavy atom. The molecule has 3 aromatic rings. The van der Waals surface area contributed by atoms with Gasteiger partial charge in [-0.05, 0) is 59.5 Å². The molecule has 0 spiro atoms. The number of nitrogens with zero attached hydrogens (tertiary/aromatic N) is 1. The van der Waals surface area contributed by atoms with E-state index in [0.717, 1.165) is 29.7 Å². The Balaban J connectivity index is 1.39. The molecule has 154 valence electrons. The van der Waals surface area contributed by atoms with Gasteiger partial charge in [0.2, 0.25) is 0 Å². The molecule has 5 heteroatoms. The van der Waals surface area contributed by atoms with Crippen molar-refractivity contribution < 1.29 is 14.3 Å². The van der Waals surface area contributed by atoms with Crippen LogP contribution in [0.15, 0.2) is 84.0 Å². The topological polar surface area (TPSA) is 59.9 Å². The van der Waals surface area contributed by atoms with Crippen molar-refractivity contribution in [2.75, 3.05) is 6.61 Å². The molecule has 1 N–H and O–H groups in total. The first kappa shape index (κ1) is 21.1. The fraction of sp³-hybridized carbons (Fsp3) is 0.200. The third-order valence-corrected chi connectivity index (χ3v) is 4.36. The lowest BCUT2D eigenvalue weighted by atomic mass is 10.1. The Hall–Kier alpha value is -3.60. The van der Waals surface area contributed by atoms with E-state index < -0.39 is 0 Å². The first-order valence-electron chi connectivity index (χ1n) is 10.0. The van der Waals surface area contributed by atoms with Gasteiger partial charge >= 0.3 is 0 Å². The van der Waals surface area contributed by atoms with Crippen molar-refractivity contribution in [2.45, 2.75) is 26.4 Å². The maximum absolute atomic E-state index is 11.9. The van der Waals surface area contributed by atoms with Gasteiger partial charge in [0.15, 0.2) is 6.61 Å². The second-order valence-electron chi connectivity index (χ2n) is 6.82. The number of hydrazone groups is 1. The summed E-state index contributed by atoms with van der Waals surface area (Å²) in [6, 6.07) is 25.3. The van der Waals surface area contributed by atoms with Crippen LogP contribution in [0, 0.1) is 0 Å². The van der Waals surface area contributed by atoms with Gasteiger partial charge < -0.3 is 9.47 Å². The maximum atomic E-state index is 11.9. The Labute approximate surface area is 177 Å². The lowest BCUT2D eigenvalue weighted by Crippen LogP contribution is -2.24. The molecule has 0 radical (unpaired) electrons. The Bertz CT molecular complexity index is 936. The molecular formula is C25H26N2O3. The molecule has 0 bridgehead atoms. The molecule has 0 heterocycles. The van der Waals surface area contributed by atoms with Crippen molar-refractivity contribution in [1.82, 2.24) is 5.43 Å². The molecule has 0 aliphatic rings. The van der Waals surface area contributed by atoms with E-state index in [9.17, 15) is 4.79 Å². The fourth-order valence-corrected chi connectivity index (χ4v) is 2.79. The molecule has 0 saturated heterocycles. The number of nitrogens with one attached hydrogen (secondary N) is 1. The first-order valence-corrected chi connectivity index (χ1v) is 10.0. The molecule has 0 aromatic heterocycles. The van der Waals surface area contributed by atoms with Crippen LogP contribution >= 0.6 is 0 Å². The van der Waals surface area contributed by atoms with E-state index in [2.05, 4.69) is 17.5 Å². The molecule has 30 heavy (non-hydrogen) atoms. The van der Waals surface area contributed by atoms with E-state index in [4.69, 9.17) is 9.47 Å². The minimum Gasteiger partial charge on any atom is -0.489 e. The van der Waals surface area contributed by atoms with Crippen molar-refractivity contribution >= 4 is 12.1 Å². The van der Waals surface area contributed by atoms with Crippen molar-refractivity contribution in [3.05, 3.63) is 95.6 Å². The number of carbonyl (C=O) groups excluding carboxylic acids is 1. The average Bonchev–Trinajstić information content (AvgIpc) is 2.79. The summed E-state index contributed by atoms with van der Waals surface area (Å²) < 4.78 is 11.2. The Kier molecular flexibility index (Phi) is 8.03. The lowest BCUT2D eigenvalue weighted by Gasteiger charge is -2.06. The van der Waals surface area contributed by atoms with Gasteiger partial charge in [0.1, 0.15) is 18.1 Å². The summed E-state index contributed by atoms with van der Waals surface area (Å²) in [6.45, 7) is 2.58. The van der Waals surface area contributed by atoms with E-state index in [1.165, 1.54) is 5.56 Å². The Morgan fingerprint density at radius 3 is 2.23 bits per heavy atom. The minimum atomic E-state index is -0.313. The zero-order chi connectivity index (χ0) is 21.0. The Morgan fingerprint density at radius 2 is 1.53 bits per heavy atom. The normalized spacial score (nSPS) is 10.7. The molecule has 3 rings (SSSR count). The molecule has 0 aliphatic carbocycles. The number of benzene rings is 3. The summed E-state index contributed by atoms with van der Waals surface area (Å²) in [5.74, 6) is 1.13. The summed E-state index contributed by atoms with van der Waals surface area (Å²) in [5, 5.41) is 3.97. The van der Waals surface area contributed by atoms with Crippen LogP contribution in [0.4, 0.5) is 0 Å². The van der Waals surface area contributed by atoms with Crippen molar-refractivity contribution in [2.24, 2.45) is 5.10 Å². The third-order valence-electron chi connectivity index (χ3n) is 4.36. The van der Waals surface area contributed by atoms with Gasteiger partial charge in [-0.1, -0.05) is 55.8 Å². The summed E-state index contributed by atoms with van der Waals surface area (Å²) in [4.78, 5) is 11.9. The van der Waals surface area contributed by atoms with E-state index in [-0.39, 0.29) is 12.5 Å². The molecule has 1 amide bonds. The van der Waals surface area contributed by atoms with Gasteiger partial charge in [-0.3, -0.25) is 4.79 Å².